The summed E-state index contributed by atoms with van der Waals surface area (Å²) in [5.41, 5.74) is 14.8. The molecule has 1 aliphatic rings. The molecular weight excluding hydrogens is 673 g/mol. The van der Waals surface area contributed by atoms with Crippen LogP contribution in [-0.2, 0) is 5.41 Å². The SMILES string of the molecule is CC1(C)c2cc(N(c3ccccc3)c3ccc(-c4cccc5c4sc4ccccc45)cc3)ccc2-c2ccc(-n3c4ccccc4c4ccccc43)cc21. The van der Waals surface area contributed by atoms with E-state index in [2.05, 4.69) is 205 Å². The highest BCUT2D eigenvalue weighted by Gasteiger charge is 2.36. The van der Waals surface area contributed by atoms with Crippen molar-refractivity contribution in [3.05, 3.63) is 193 Å². The van der Waals surface area contributed by atoms with Crippen molar-refractivity contribution in [1.82, 2.24) is 4.57 Å². The van der Waals surface area contributed by atoms with E-state index in [1.165, 1.54) is 81.0 Å². The first-order valence-corrected chi connectivity index (χ1v) is 19.5. The van der Waals surface area contributed by atoms with E-state index in [1.807, 2.05) is 11.3 Å². The van der Waals surface area contributed by atoms with Gasteiger partial charge in [-0.15, -0.1) is 11.3 Å². The number of hydrogen-bond acceptors (Lipinski definition) is 2. The summed E-state index contributed by atoms with van der Waals surface area (Å²) in [7, 11) is 0. The monoisotopic (exact) mass is 708 g/mol. The molecular formula is C51H36N2S. The largest absolute Gasteiger partial charge is 0.310 e. The van der Waals surface area contributed by atoms with Crippen molar-refractivity contribution in [1.29, 1.82) is 0 Å². The Bertz CT molecular complexity index is 3020. The summed E-state index contributed by atoms with van der Waals surface area (Å²) in [6.45, 7) is 4.76. The molecule has 0 atom stereocenters. The maximum Gasteiger partial charge on any atom is 0.0541 e. The van der Waals surface area contributed by atoms with Crippen LogP contribution in [0.25, 0.3) is 69.9 Å². The van der Waals surface area contributed by atoms with Crippen LogP contribution in [0.1, 0.15) is 25.0 Å². The van der Waals surface area contributed by atoms with E-state index >= 15 is 0 Å². The van der Waals surface area contributed by atoms with Crippen LogP contribution in [0.4, 0.5) is 17.1 Å². The molecule has 54 heavy (non-hydrogen) atoms. The lowest BCUT2D eigenvalue weighted by atomic mass is 9.82. The van der Waals surface area contributed by atoms with Crippen LogP contribution in [0.2, 0.25) is 0 Å². The van der Waals surface area contributed by atoms with Gasteiger partial charge in [-0.3, -0.25) is 0 Å². The van der Waals surface area contributed by atoms with Gasteiger partial charge in [0.15, 0.2) is 0 Å². The average molecular weight is 709 g/mol. The molecule has 0 saturated carbocycles. The van der Waals surface area contributed by atoms with Gasteiger partial charge in [-0.05, 0) is 100 Å². The highest BCUT2D eigenvalue weighted by molar-refractivity contribution is 7.26. The Morgan fingerprint density at radius 3 is 1.76 bits per heavy atom. The minimum absolute atomic E-state index is 0.190. The molecule has 10 aromatic rings. The molecule has 0 radical (unpaired) electrons. The number of anilines is 3. The molecule has 0 amide bonds. The molecule has 0 bridgehead atoms. The standard InChI is InChI=1S/C51H36N2S/c1-51(2)45-31-36(27-29-39(45)40-30-28-37(32-46(40)51)53-47-20-9-6-15-41(47)42-16-7-10-21-48(42)53)52(34-13-4-3-5-14-34)35-25-23-33(24-26-35)38-18-12-19-44-43-17-8-11-22-49(43)54-50(38)44/h3-32H,1-2H3. The van der Waals surface area contributed by atoms with Gasteiger partial charge >= 0.3 is 0 Å². The van der Waals surface area contributed by atoms with E-state index in [0.29, 0.717) is 0 Å². The molecule has 2 aromatic heterocycles. The quantitative estimate of drug-likeness (QED) is 0.173. The zero-order valence-corrected chi connectivity index (χ0v) is 30.9. The van der Waals surface area contributed by atoms with Crippen molar-refractivity contribution in [3.8, 4) is 27.9 Å². The minimum atomic E-state index is -0.190. The third kappa shape index (κ3) is 4.58. The van der Waals surface area contributed by atoms with Gasteiger partial charge in [-0.2, -0.15) is 0 Å². The lowest BCUT2D eigenvalue weighted by Crippen LogP contribution is -2.17. The van der Waals surface area contributed by atoms with E-state index in [-0.39, 0.29) is 5.41 Å². The fraction of sp³-hybridized carbons (Fsp3) is 0.0588. The minimum Gasteiger partial charge on any atom is -0.310 e. The van der Waals surface area contributed by atoms with Gasteiger partial charge in [0, 0.05) is 59.1 Å². The van der Waals surface area contributed by atoms with E-state index < -0.39 is 0 Å². The summed E-state index contributed by atoms with van der Waals surface area (Å²) >= 11 is 1.88. The Morgan fingerprint density at radius 1 is 0.444 bits per heavy atom. The van der Waals surface area contributed by atoms with Gasteiger partial charge in [-0.1, -0.05) is 129 Å². The molecule has 3 heteroatoms. The van der Waals surface area contributed by atoms with Gasteiger partial charge in [0.05, 0.1) is 11.0 Å². The third-order valence-electron chi connectivity index (χ3n) is 11.6. The molecule has 0 N–H and O–H groups in total. The van der Waals surface area contributed by atoms with Crippen LogP contribution in [0, 0.1) is 0 Å². The van der Waals surface area contributed by atoms with Gasteiger partial charge in [0.25, 0.3) is 0 Å². The van der Waals surface area contributed by atoms with Crippen molar-refractivity contribution in [3.63, 3.8) is 0 Å². The van der Waals surface area contributed by atoms with Crippen LogP contribution < -0.4 is 4.90 Å². The van der Waals surface area contributed by atoms with Crippen LogP contribution >= 0.6 is 11.3 Å². The normalized spacial score (nSPS) is 13.1. The number of aromatic nitrogens is 1. The van der Waals surface area contributed by atoms with Gasteiger partial charge < -0.3 is 9.47 Å². The maximum absolute atomic E-state index is 2.43. The van der Waals surface area contributed by atoms with Crippen molar-refractivity contribution in [2.75, 3.05) is 4.90 Å². The van der Waals surface area contributed by atoms with Gasteiger partial charge in [0.2, 0.25) is 0 Å². The lowest BCUT2D eigenvalue weighted by molar-refractivity contribution is 0.660. The Balaban J connectivity index is 1.00. The highest BCUT2D eigenvalue weighted by Crippen LogP contribution is 2.52. The first kappa shape index (κ1) is 31.1. The summed E-state index contributed by atoms with van der Waals surface area (Å²) in [5.74, 6) is 0. The van der Waals surface area contributed by atoms with Crippen molar-refractivity contribution < 1.29 is 0 Å². The second kappa shape index (κ2) is 11.8. The number of fused-ring (bicyclic) bond motifs is 9. The molecule has 2 heterocycles. The molecule has 0 fully saturated rings. The summed E-state index contributed by atoms with van der Waals surface area (Å²) in [6, 6.07) is 67.0. The summed E-state index contributed by atoms with van der Waals surface area (Å²) in [6.07, 6.45) is 0. The molecule has 0 unspecified atom stereocenters. The van der Waals surface area contributed by atoms with E-state index in [9.17, 15) is 0 Å². The fourth-order valence-corrected chi connectivity index (χ4v) is 10.2. The number of benzene rings is 8. The Hall–Kier alpha value is -6.42. The number of thiophene rings is 1. The van der Waals surface area contributed by atoms with Crippen LogP contribution in [0.15, 0.2) is 182 Å². The lowest BCUT2D eigenvalue weighted by Gasteiger charge is -2.28. The molecule has 0 aliphatic heterocycles. The molecule has 256 valence electrons. The second-order valence-corrected chi connectivity index (χ2v) is 16.0. The number of nitrogens with zero attached hydrogens (tertiary/aromatic N) is 2. The van der Waals surface area contributed by atoms with E-state index in [1.54, 1.807) is 0 Å². The van der Waals surface area contributed by atoms with E-state index in [4.69, 9.17) is 0 Å². The second-order valence-electron chi connectivity index (χ2n) is 15.0. The molecule has 0 saturated heterocycles. The first-order valence-electron chi connectivity index (χ1n) is 18.7. The zero-order valence-electron chi connectivity index (χ0n) is 30.1. The highest BCUT2D eigenvalue weighted by atomic mass is 32.1. The number of rotatable bonds is 5. The van der Waals surface area contributed by atoms with E-state index in [0.717, 1.165) is 17.1 Å². The molecule has 2 nitrogen and oxygen atoms in total. The predicted octanol–water partition coefficient (Wildman–Crippen LogP) is 14.6. The van der Waals surface area contributed by atoms with Crippen molar-refractivity contribution in [2.24, 2.45) is 0 Å². The molecule has 8 aromatic carbocycles. The molecule has 11 rings (SSSR count). The van der Waals surface area contributed by atoms with Crippen LogP contribution in [0.5, 0.6) is 0 Å². The van der Waals surface area contributed by atoms with Crippen LogP contribution in [0.3, 0.4) is 0 Å². The Kier molecular flexibility index (Phi) is 6.80. The number of para-hydroxylation sites is 3. The maximum atomic E-state index is 2.43. The summed E-state index contributed by atoms with van der Waals surface area (Å²) in [5, 5.41) is 5.22. The summed E-state index contributed by atoms with van der Waals surface area (Å²) < 4.78 is 5.10. The first-order chi connectivity index (χ1) is 26.5. The summed E-state index contributed by atoms with van der Waals surface area (Å²) in [4.78, 5) is 2.40. The smallest absolute Gasteiger partial charge is 0.0541 e. The van der Waals surface area contributed by atoms with Gasteiger partial charge in [-0.25, -0.2) is 0 Å². The fourth-order valence-electron chi connectivity index (χ4n) is 8.98. The molecule has 0 spiro atoms. The van der Waals surface area contributed by atoms with Crippen molar-refractivity contribution in [2.45, 2.75) is 19.3 Å². The average Bonchev–Trinajstić information content (AvgIpc) is 3.84. The zero-order chi connectivity index (χ0) is 36.0. The van der Waals surface area contributed by atoms with Gasteiger partial charge in [0.1, 0.15) is 0 Å². The Morgan fingerprint density at radius 2 is 1.02 bits per heavy atom. The topological polar surface area (TPSA) is 8.17 Å². The third-order valence-corrected chi connectivity index (χ3v) is 12.8. The van der Waals surface area contributed by atoms with Crippen LogP contribution in [-0.4, -0.2) is 4.57 Å². The molecule has 1 aliphatic carbocycles. The van der Waals surface area contributed by atoms with Crippen molar-refractivity contribution >= 4 is 70.4 Å². The predicted molar refractivity (Wildman–Crippen MR) is 231 cm³/mol. The number of hydrogen-bond donors (Lipinski definition) is 0. The Labute approximate surface area is 318 Å².